The van der Waals surface area contributed by atoms with E-state index >= 15 is 0 Å². The summed E-state index contributed by atoms with van der Waals surface area (Å²) in [6.45, 7) is 1.86. The van der Waals surface area contributed by atoms with Gasteiger partial charge in [-0.25, -0.2) is 9.29 Å². The third kappa shape index (κ3) is 3.69. The number of ether oxygens (including phenoxy) is 2. The van der Waals surface area contributed by atoms with Crippen molar-refractivity contribution in [2.45, 2.75) is 6.92 Å². The zero-order chi connectivity index (χ0) is 22.8. The van der Waals surface area contributed by atoms with Gasteiger partial charge in [0, 0.05) is 0 Å². The number of hydrogen-bond donors (Lipinski definition) is 1. The van der Waals surface area contributed by atoms with Crippen LogP contribution in [0.4, 0.5) is 15.8 Å². The zero-order valence-electron chi connectivity index (χ0n) is 17.8. The van der Waals surface area contributed by atoms with Crippen LogP contribution in [-0.4, -0.2) is 26.0 Å². The molecule has 4 rings (SSSR count). The summed E-state index contributed by atoms with van der Waals surface area (Å²) < 4.78 is 24.3. The SMILES string of the molecule is COc1ccccc1NC1=C(c2ccc(F)cc2)C(=O)N(c2cc(C)ccc2OC)C1=O. The number of carbonyl (C=O) groups excluding carboxylic acids is 2. The van der Waals surface area contributed by atoms with Crippen molar-refractivity contribution in [1.82, 2.24) is 0 Å². The minimum absolute atomic E-state index is 0.0645. The minimum atomic E-state index is -0.552. The molecule has 162 valence electrons. The van der Waals surface area contributed by atoms with Gasteiger partial charge in [-0.3, -0.25) is 9.59 Å². The second kappa shape index (κ2) is 8.55. The molecule has 32 heavy (non-hydrogen) atoms. The van der Waals surface area contributed by atoms with Crippen LogP contribution in [0.2, 0.25) is 0 Å². The number of hydrogen-bond acceptors (Lipinski definition) is 5. The summed E-state index contributed by atoms with van der Waals surface area (Å²) in [6.07, 6.45) is 0. The molecular formula is C25H21FN2O4. The van der Waals surface area contributed by atoms with Crippen LogP contribution in [-0.2, 0) is 9.59 Å². The lowest BCUT2D eigenvalue weighted by Gasteiger charge is -2.19. The zero-order valence-corrected chi connectivity index (χ0v) is 17.8. The second-order valence-electron chi connectivity index (χ2n) is 7.20. The molecule has 2 amide bonds. The van der Waals surface area contributed by atoms with Crippen molar-refractivity contribution >= 4 is 28.8 Å². The number of amides is 2. The van der Waals surface area contributed by atoms with E-state index in [4.69, 9.17) is 9.47 Å². The molecule has 0 saturated heterocycles. The standard InChI is InChI=1S/C25H21FN2O4/c1-15-8-13-21(32-3)19(14-15)28-24(29)22(16-9-11-17(26)12-10-16)23(25(28)30)27-18-6-4-5-7-20(18)31-2/h4-14,27H,1-3H3. The average molecular weight is 432 g/mol. The Kier molecular flexibility index (Phi) is 5.64. The van der Waals surface area contributed by atoms with Gasteiger partial charge < -0.3 is 14.8 Å². The van der Waals surface area contributed by atoms with E-state index in [1.807, 2.05) is 13.0 Å². The smallest absolute Gasteiger partial charge is 0.282 e. The van der Waals surface area contributed by atoms with Crippen LogP contribution in [0.15, 0.2) is 72.4 Å². The Morgan fingerprint density at radius 1 is 0.844 bits per heavy atom. The predicted molar refractivity (Wildman–Crippen MR) is 120 cm³/mol. The molecule has 3 aromatic rings. The monoisotopic (exact) mass is 432 g/mol. The van der Waals surface area contributed by atoms with Crippen molar-refractivity contribution < 1.29 is 23.5 Å². The van der Waals surface area contributed by atoms with Crippen molar-refractivity contribution in [2.75, 3.05) is 24.4 Å². The first kappa shape index (κ1) is 21.1. The fourth-order valence-electron chi connectivity index (χ4n) is 3.61. The van der Waals surface area contributed by atoms with Crippen LogP contribution >= 0.6 is 0 Å². The number of carbonyl (C=O) groups is 2. The van der Waals surface area contributed by atoms with Gasteiger partial charge in [-0.05, 0) is 54.4 Å². The van der Waals surface area contributed by atoms with Gasteiger partial charge in [0.2, 0.25) is 0 Å². The molecule has 1 aliphatic heterocycles. The largest absolute Gasteiger partial charge is 0.495 e. The average Bonchev–Trinajstić information content (AvgIpc) is 3.04. The fraction of sp³-hybridized carbons (Fsp3) is 0.120. The molecule has 0 spiro atoms. The molecule has 1 aliphatic rings. The van der Waals surface area contributed by atoms with Crippen LogP contribution in [0.5, 0.6) is 11.5 Å². The number of imide groups is 1. The highest BCUT2D eigenvalue weighted by Gasteiger charge is 2.41. The van der Waals surface area contributed by atoms with E-state index in [0.717, 1.165) is 10.5 Å². The van der Waals surface area contributed by atoms with Crippen molar-refractivity contribution in [2.24, 2.45) is 0 Å². The molecule has 6 nitrogen and oxygen atoms in total. The molecule has 0 aromatic heterocycles. The Morgan fingerprint density at radius 2 is 1.53 bits per heavy atom. The van der Waals surface area contributed by atoms with Gasteiger partial charge in [0.15, 0.2) is 0 Å². The number of rotatable bonds is 6. The van der Waals surface area contributed by atoms with E-state index in [1.54, 1.807) is 36.4 Å². The first-order chi connectivity index (χ1) is 15.4. The molecule has 1 heterocycles. The van der Waals surface area contributed by atoms with E-state index in [2.05, 4.69) is 5.32 Å². The van der Waals surface area contributed by atoms with Crippen LogP contribution in [0, 0.1) is 12.7 Å². The summed E-state index contributed by atoms with van der Waals surface area (Å²) in [4.78, 5) is 28.2. The van der Waals surface area contributed by atoms with Gasteiger partial charge in [0.25, 0.3) is 11.8 Å². The maximum atomic E-state index is 13.6. The summed E-state index contributed by atoms with van der Waals surface area (Å²) in [5.41, 5.74) is 2.31. The Bertz CT molecular complexity index is 1230. The van der Waals surface area contributed by atoms with Gasteiger partial charge in [0.05, 0.1) is 31.2 Å². The molecule has 0 saturated carbocycles. The maximum Gasteiger partial charge on any atom is 0.282 e. The summed E-state index contributed by atoms with van der Waals surface area (Å²) in [5.74, 6) is -0.644. The number of benzene rings is 3. The molecule has 0 aliphatic carbocycles. The maximum absolute atomic E-state index is 13.6. The molecule has 7 heteroatoms. The lowest BCUT2D eigenvalue weighted by Crippen LogP contribution is -2.32. The van der Waals surface area contributed by atoms with Crippen molar-refractivity contribution in [3.05, 3.63) is 89.4 Å². The Hall–Kier alpha value is -4.13. The number of anilines is 2. The topological polar surface area (TPSA) is 67.9 Å². The van der Waals surface area contributed by atoms with Gasteiger partial charge in [-0.2, -0.15) is 0 Å². The minimum Gasteiger partial charge on any atom is -0.495 e. The van der Waals surface area contributed by atoms with Crippen LogP contribution in [0.1, 0.15) is 11.1 Å². The molecule has 3 aromatic carbocycles. The first-order valence-corrected chi connectivity index (χ1v) is 9.88. The lowest BCUT2D eigenvalue weighted by atomic mass is 10.0. The van der Waals surface area contributed by atoms with Gasteiger partial charge >= 0.3 is 0 Å². The van der Waals surface area contributed by atoms with Gasteiger partial charge in [0.1, 0.15) is 23.0 Å². The van der Waals surface area contributed by atoms with E-state index in [-0.39, 0.29) is 11.3 Å². The third-order valence-electron chi connectivity index (χ3n) is 5.16. The highest BCUT2D eigenvalue weighted by Crippen LogP contribution is 2.39. The Balaban J connectivity index is 1.87. The van der Waals surface area contributed by atoms with Crippen molar-refractivity contribution in [3.63, 3.8) is 0 Å². The number of aryl methyl sites for hydroxylation is 1. The molecule has 1 N–H and O–H groups in total. The first-order valence-electron chi connectivity index (χ1n) is 9.88. The van der Waals surface area contributed by atoms with E-state index in [0.29, 0.717) is 28.4 Å². The molecule has 0 radical (unpaired) electrons. The normalized spacial score (nSPS) is 13.6. The van der Waals surface area contributed by atoms with Crippen LogP contribution in [0.25, 0.3) is 5.57 Å². The fourth-order valence-corrected chi connectivity index (χ4v) is 3.61. The van der Waals surface area contributed by atoms with Crippen molar-refractivity contribution in [1.29, 1.82) is 0 Å². The number of para-hydroxylation sites is 2. The highest BCUT2D eigenvalue weighted by molar-refractivity contribution is 6.46. The highest BCUT2D eigenvalue weighted by atomic mass is 19.1. The number of halogens is 1. The molecule has 0 bridgehead atoms. The van der Waals surface area contributed by atoms with E-state index in [9.17, 15) is 14.0 Å². The van der Waals surface area contributed by atoms with Crippen LogP contribution in [0.3, 0.4) is 0 Å². The Labute approximate surface area is 184 Å². The van der Waals surface area contributed by atoms with E-state index in [1.165, 1.54) is 38.5 Å². The third-order valence-corrected chi connectivity index (χ3v) is 5.16. The summed E-state index contributed by atoms with van der Waals surface area (Å²) >= 11 is 0. The summed E-state index contributed by atoms with van der Waals surface area (Å²) in [6, 6.07) is 17.7. The second-order valence-corrected chi connectivity index (χ2v) is 7.20. The number of methoxy groups -OCH3 is 2. The van der Waals surface area contributed by atoms with Gasteiger partial charge in [-0.1, -0.05) is 30.3 Å². The summed E-state index contributed by atoms with van der Waals surface area (Å²) in [7, 11) is 2.99. The number of nitrogens with zero attached hydrogens (tertiary/aromatic N) is 1. The molecule has 0 fully saturated rings. The quantitative estimate of drug-likeness (QED) is 0.579. The van der Waals surface area contributed by atoms with Crippen LogP contribution < -0.4 is 19.7 Å². The molecular weight excluding hydrogens is 411 g/mol. The molecule has 0 unspecified atom stereocenters. The summed E-state index contributed by atoms with van der Waals surface area (Å²) in [5, 5.41) is 3.06. The van der Waals surface area contributed by atoms with Gasteiger partial charge in [-0.15, -0.1) is 0 Å². The Morgan fingerprint density at radius 3 is 2.22 bits per heavy atom. The van der Waals surface area contributed by atoms with Crippen molar-refractivity contribution in [3.8, 4) is 11.5 Å². The van der Waals surface area contributed by atoms with E-state index < -0.39 is 17.6 Å². The molecule has 0 atom stereocenters. The predicted octanol–water partition coefficient (Wildman–Crippen LogP) is 4.55. The lowest BCUT2D eigenvalue weighted by molar-refractivity contribution is -0.120. The number of nitrogens with one attached hydrogen (secondary N) is 1.